The van der Waals surface area contributed by atoms with Crippen LogP contribution in [0.15, 0.2) is 29.4 Å². The molecular weight excluding hydrogens is 234 g/mol. The van der Waals surface area contributed by atoms with Gasteiger partial charge in [-0.3, -0.25) is 4.79 Å². The predicted octanol–water partition coefficient (Wildman–Crippen LogP) is 0.929. The molecule has 0 saturated heterocycles. The van der Waals surface area contributed by atoms with Gasteiger partial charge in [0.15, 0.2) is 0 Å². The van der Waals surface area contributed by atoms with Gasteiger partial charge in [-0.15, -0.1) is 0 Å². The zero-order valence-electron chi connectivity index (χ0n) is 9.64. The van der Waals surface area contributed by atoms with Gasteiger partial charge in [0.1, 0.15) is 11.5 Å². The Balaban J connectivity index is 2.35. The number of nitrogens with one attached hydrogen (secondary N) is 1. The van der Waals surface area contributed by atoms with E-state index in [1.807, 2.05) is 5.43 Å². The minimum absolute atomic E-state index is 0.131. The number of ketones is 1. The summed E-state index contributed by atoms with van der Waals surface area (Å²) >= 11 is 0. The first-order chi connectivity index (χ1) is 8.61. The van der Waals surface area contributed by atoms with Crippen LogP contribution in [-0.2, 0) is 0 Å². The van der Waals surface area contributed by atoms with Gasteiger partial charge in [-0.25, -0.2) is 10.2 Å². The van der Waals surface area contributed by atoms with Crippen LogP contribution in [0.1, 0.15) is 15.9 Å². The molecule has 0 unspecified atom stereocenters. The summed E-state index contributed by atoms with van der Waals surface area (Å²) in [4.78, 5) is 22.5. The molecule has 0 atom stereocenters. The molecule has 1 aliphatic carbocycles. The highest BCUT2D eigenvalue weighted by Gasteiger charge is 2.19. The number of fused-ring (bicyclic) bond motifs is 1. The summed E-state index contributed by atoms with van der Waals surface area (Å²) in [5.74, 6) is 0.394. The van der Waals surface area contributed by atoms with E-state index in [4.69, 9.17) is 10.5 Å². The second-order valence-electron chi connectivity index (χ2n) is 3.59. The number of rotatable bonds is 2. The minimum Gasteiger partial charge on any atom is -0.497 e. The number of nitrogens with zero attached hydrogens (tertiary/aromatic N) is 1. The number of Topliss-reactive ketones (excluding diaryl/α,β-unsaturated/α-hetero) is 1. The molecule has 6 heteroatoms. The van der Waals surface area contributed by atoms with Crippen molar-refractivity contribution in [3.63, 3.8) is 0 Å². The molecular formula is C12H11N3O3. The van der Waals surface area contributed by atoms with Crippen LogP contribution in [0.3, 0.4) is 0 Å². The van der Waals surface area contributed by atoms with Crippen molar-refractivity contribution in [2.24, 2.45) is 10.8 Å². The molecule has 0 aliphatic heterocycles. The number of benzene rings is 1. The molecule has 18 heavy (non-hydrogen) atoms. The van der Waals surface area contributed by atoms with Crippen molar-refractivity contribution in [3.8, 4) is 5.75 Å². The van der Waals surface area contributed by atoms with Gasteiger partial charge in [0.05, 0.1) is 7.11 Å². The molecule has 3 N–H and O–H groups in total. The highest BCUT2D eigenvalue weighted by molar-refractivity contribution is 6.52. The molecule has 6 nitrogen and oxygen atoms in total. The fourth-order valence-electron chi connectivity index (χ4n) is 1.60. The maximum absolute atomic E-state index is 12.0. The Morgan fingerprint density at radius 3 is 2.83 bits per heavy atom. The van der Waals surface area contributed by atoms with Gasteiger partial charge in [0.2, 0.25) is 5.78 Å². The Bertz CT molecular complexity index is 576. The summed E-state index contributed by atoms with van der Waals surface area (Å²) < 4.78 is 5.07. The first kappa shape index (κ1) is 11.8. The van der Waals surface area contributed by atoms with Crippen molar-refractivity contribution in [1.29, 1.82) is 0 Å². The third kappa shape index (κ3) is 2.22. The first-order valence-corrected chi connectivity index (χ1v) is 5.16. The summed E-state index contributed by atoms with van der Waals surface area (Å²) in [5.41, 5.74) is 8.29. The van der Waals surface area contributed by atoms with Gasteiger partial charge in [-0.1, -0.05) is 6.08 Å². The normalized spacial score (nSPS) is 15.4. The fraction of sp³-hybridized carbons (Fsp3) is 0.0833. The third-order valence-electron chi connectivity index (χ3n) is 2.44. The summed E-state index contributed by atoms with van der Waals surface area (Å²) in [7, 11) is 1.56. The maximum atomic E-state index is 12.0. The van der Waals surface area contributed by atoms with E-state index in [1.165, 1.54) is 6.08 Å². The summed E-state index contributed by atoms with van der Waals surface area (Å²) in [6, 6.07) is 4.28. The number of urea groups is 1. The smallest absolute Gasteiger partial charge is 0.332 e. The minimum atomic E-state index is -0.816. The number of carbonyl (C=O) groups excluding carboxylic acids is 2. The molecule has 92 valence electrons. The number of hydrazone groups is 1. The van der Waals surface area contributed by atoms with Gasteiger partial charge in [0, 0.05) is 5.56 Å². The van der Waals surface area contributed by atoms with Crippen LogP contribution in [0.25, 0.3) is 6.08 Å². The van der Waals surface area contributed by atoms with Gasteiger partial charge < -0.3 is 10.5 Å². The number of nitrogens with two attached hydrogens (primary N) is 1. The van der Waals surface area contributed by atoms with Crippen LogP contribution >= 0.6 is 0 Å². The zero-order chi connectivity index (χ0) is 13.1. The summed E-state index contributed by atoms with van der Waals surface area (Å²) in [6.07, 6.45) is 3.24. The topological polar surface area (TPSA) is 93.8 Å². The first-order valence-electron chi connectivity index (χ1n) is 5.16. The zero-order valence-corrected chi connectivity index (χ0v) is 9.64. The second kappa shape index (κ2) is 4.70. The molecule has 0 heterocycles. The van der Waals surface area contributed by atoms with E-state index in [0.29, 0.717) is 11.3 Å². The van der Waals surface area contributed by atoms with Crippen LogP contribution in [0.4, 0.5) is 4.79 Å². The SMILES string of the molecule is COc1ccc2c(c1)C=CC(=NNC(N)=O)C2=O. The van der Waals surface area contributed by atoms with E-state index in [9.17, 15) is 9.59 Å². The molecule has 2 rings (SSSR count). The number of carbonyl (C=O) groups is 2. The lowest BCUT2D eigenvalue weighted by atomic mass is 9.95. The molecule has 2 amide bonds. The number of primary amides is 1. The predicted molar refractivity (Wildman–Crippen MR) is 66.5 cm³/mol. The third-order valence-corrected chi connectivity index (χ3v) is 2.44. The Morgan fingerprint density at radius 1 is 1.39 bits per heavy atom. The lowest BCUT2D eigenvalue weighted by Gasteiger charge is -2.12. The molecule has 0 radical (unpaired) electrons. The van der Waals surface area contributed by atoms with Gasteiger partial charge >= 0.3 is 6.03 Å². The largest absolute Gasteiger partial charge is 0.497 e. The molecule has 0 spiro atoms. The van der Waals surface area contributed by atoms with Crippen molar-refractivity contribution in [1.82, 2.24) is 5.43 Å². The average Bonchev–Trinajstić information content (AvgIpc) is 2.37. The molecule has 0 bridgehead atoms. The highest BCUT2D eigenvalue weighted by Crippen LogP contribution is 2.23. The van der Waals surface area contributed by atoms with Crippen LogP contribution < -0.4 is 15.9 Å². The second-order valence-corrected chi connectivity index (χ2v) is 3.59. The van der Waals surface area contributed by atoms with Gasteiger partial charge in [0.25, 0.3) is 0 Å². The van der Waals surface area contributed by atoms with Gasteiger partial charge in [-0.05, 0) is 29.8 Å². The molecule has 0 fully saturated rings. The number of allylic oxidation sites excluding steroid dienone is 1. The summed E-state index contributed by atoms with van der Waals surface area (Å²) in [6.45, 7) is 0. The number of ether oxygens (including phenoxy) is 1. The maximum Gasteiger partial charge on any atom is 0.332 e. The van der Waals surface area contributed by atoms with Crippen LogP contribution in [0, 0.1) is 0 Å². The molecule has 0 aromatic heterocycles. The van der Waals surface area contributed by atoms with Crippen LogP contribution in [-0.4, -0.2) is 24.6 Å². The standard InChI is InChI=1S/C12H11N3O3/c1-18-8-3-4-9-7(6-8)2-5-10(11(9)16)14-15-12(13)17/h2-6H,1H3,(H3,13,15,17). The molecule has 1 aromatic rings. The molecule has 1 aliphatic rings. The lowest BCUT2D eigenvalue weighted by molar-refractivity contribution is 0.106. The van der Waals surface area contributed by atoms with E-state index in [0.717, 1.165) is 5.56 Å². The summed E-state index contributed by atoms with van der Waals surface area (Å²) in [5, 5.41) is 3.63. The Hall–Kier alpha value is -2.63. The van der Waals surface area contributed by atoms with Crippen molar-refractivity contribution < 1.29 is 14.3 Å². The molecule has 0 saturated carbocycles. The average molecular weight is 245 g/mol. The Kier molecular flexibility index (Phi) is 3.09. The Morgan fingerprint density at radius 2 is 2.17 bits per heavy atom. The fourth-order valence-corrected chi connectivity index (χ4v) is 1.60. The van der Waals surface area contributed by atoms with Crippen molar-refractivity contribution in [2.75, 3.05) is 7.11 Å². The van der Waals surface area contributed by atoms with E-state index < -0.39 is 6.03 Å². The van der Waals surface area contributed by atoms with Crippen molar-refractivity contribution in [3.05, 3.63) is 35.4 Å². The van der Waals surface area contributed by atoms with Crippen molar-refractivity contribution in [2.45, 2.75) is 0 Å². The number of methoxy groups -OCH3 is 1. The number of amides is 2. The monoisotopic (exact) mass is 245 g/mol. The van der Waals surface area contributed by atoms with Crippen molar-refractivity contribution >= 4 is 23.6 Å². The van der Waals surface area contributed by atoms with Crippen LogP contribution in [0.2, 0.25) is 0 Å². The lowest BCUT2D eigenvalue weighted by Crippen LogP contribution is -2.28. The van der Waals surface area contributed by atoms with Gasteiger partial charge in [-0.2, -0.15) is 5.10 Å². The van der Waals surface area contributed by atoms with E-state index in [1.54, 1.807) is 31.4 Å². The van der Waals surface area contributed by atoms with E-state index >= 15 is 0 Å². The highest BCUT2D eigenvalue weighted by atomic mass is 16.5. The molecule has 1 aromatic carbocycles. The quantitative estimate of drug-likeness (QED) is 0.759. The van der Waals surface area contributed by atoms with Crippen LogP contribution in [0.5, 0.6) is 5.75 Å². The Labute approximate surface area is 103 Å². The van der Waals surface area contributed by atoms with E-state index in [2.05, 4.69) is 5.10 Å². The van der Waals surface area contributed by atoms with E-state index in [-0.39, 0.29) is 11.5 Å². The number of hydrogen-bond acceptors (Lipinski definition) is 4. The number of hydrogen-bond donors (Lipinski definition) is 2.